The van der Waals surface area contributed by atoms with Crippen LogP contribution in [0, 0.1) is 13.8 Å². The Hall–Kier alpha value is -4.86. The number of amides is 1. The standard InChI is InChI=1S/C25H22N8O2/c1-14-10-11-19(12-15(14)2)33-25(35)22(16(3)30-33)27-26-21-9-5-8-20(23(21)34)17-6-4-7-18(13-17)24-28-31-32-29-24/h4-13,26,34H,1-3H3,(H,28,29,31,32)/b27-22+. The van der Waals surface area contributed by atoms with E-state index in [2.05, 4.69) is 36.3 Å². The van der Waals surface area contributed by atoms with Gasteiger partial charge < -0.3 is 5.11 Å². The van der Waals surface area contributed by atoms with Crippen LogP contribution in [0.2, 0.25) is 0 Å². The fraction of sp³-hybridized carbons (Fsp3) is 0.120. The molecule has 0 aliphatic carbocycles. The van der Waals surface area contributed by atoms with Crippen molar-refractivity contribution in [3.63, 3.8) is 0 Å². The number of carbonyl (C=O) groups is 1. The largest absolute Gasteiger partial charge is 0.505 e. The summed E-state index contributed by atoms with van der Waals surface area (Å²) >= 11 is 0. The number of aromatic nitrogens is 4. The van der Waals surface area contributed by atoms with E-state index in [1.54, 1.807) is 25.1 Å². The summed E-state index contributed by atoms with van der Waals surface area (Å²) in [5, 5.41) is 34.8. The number of para-hydroxylation sites is 1. The lowest BCUT2D eigenvalue weighted by atomic mass is 10.0. The summed E-state index contributed by atoms with van der Waals surface area (Å²) in [4.78, 5) is 13.0. The fourth-order valence-electron chi connectivity index (χ4n) is 3.76. The summed E-state index contributed by atoms with van der Waals surface area (Å²) < 4.78 is 0. The van der Waals surface area contributed by atoms with Crippen LogP contribution in [0.1, 0.15) is 18.1 Å². The maximum Gasteiger partial charge on any atom is 0.301 e. The molecular weight excluding hydrogens is 444 g/mol. The van der Waals surface area contributed by atoms with E-state index >= 15 is 0 Å². The third-order valence-electron chi connectivity index (χ3n) is 5.84. The Labute approximate surface area is 201 Å². The van der Waals surface area contributed by atoms with Gasteiger partial charge in [0.2, 0.25) is 0 Å². The molecule has 10 heteroatoms. The number of tetrazole rings is 1. The van der Waals surface area contributed by atoms with Gasteiger partial charge in [0.05, 0.1) is 17.1 Å². The highest BCUT2D eigenvalue weighted by Gasteiger charge is 2.31. The SMILES string of the molecule is CC1=NN(c2ccc(C)c(C)c2)C(=O)/C1=N/Nc1cccc(-c2cccc(-c3nnn[nH]3)c2)c1O. The summed E-state index contributed by atoms with van der Waals surface area (Å²) in [7, 11) is 0. The number of H-pyrrole nitrogens is 1. The first-order valence-corrected chi connectivity index (χ1v) is 10.9. The van der Waals surface area contributed by atoms with Gasteiger partial charge in [0, 0.05) is 11.1 Å². The number of nitrogens with one attached hydrogen (secondary N) is 2. The van der Waals surface area contributed by atoms with Crippen molar-refractivity contribution in [2.75, 3.05) is 10.4 Å². The molecule has 4 aromatic rings. The number of carbonyl (C=O) groups excluding carboxylic acids is 1. The van der Waals surface area contributed by atoms with Gasteiger partial charge in [-0.2, -0.15) is 15.2 Å². The van der Waals surface area contributed by atoms with Crippen LogP contribution in [0.3, 0.4) is 0 Å². The van der Waals surface area contributed by atoms with Crippen molar-refractivity contribution >= 4 is 28.7 Å². The second kappa shape index (κ2) is 8.82. The average molecular weight is 467 g/mol. The Morgan fingerprint density at radius 3 is 2.54 bits per heavy atom. The second-order valence-electron chi connectivity index (χ2n) is 8.18. The van der Waals surface area contributed by atoms with Crippen molar-refractivity contribution in [1.82, 2.24) is 20.6 Å². The van der Waals surface area contributed by atoms with E-state index in [1.165, 1.54) is 5.01 Å². The monoisotopic (exact) mass is 466 g/mol. The first-order valence-electron chi connectivity index (χ1n) is 10.9. The topological polar surface area (TPSA) is 132 Å². The highest BCUT2D eigenvalue weighted by Crippen LogP contribution is 2.36. The number of aryl methyl sites for hydroxylation is 2. The highest BCUT2D eigenvalue weighted by molar-refractivity contribution is 6.71. The van der Waals surface area contributed by atoms with Crippen LogP contribution in [-0.2, 0) is 4.79 Å². The maximum atomic E-state index is 13.0. The lowest BCUT2D eigenvalue weighted by Crippen LogP contribution is -2.28. The van der Waals surface area contributed by atoms with E-state index in [4.69, 9.17) is 0 Å². The number of hydrogen-bond donors (Lipinski definition) is 3. The molecule has 0 bridgehead atoms. The van der Waals surface area contributed by atoms with Gasteiger partial charge in [-0.1, -0.05) is 36.4 Å². The minimum absolute atomic E-state index is 0.00394. The van der Waals surface area contributed by atoms with Crippen molar-refractivity contribution < 1.29 is 9.90 Å². The number of aromatic amines is 1. The summed E-state index contributed by atoms with van der Waals surface area (Å²) in [5.41, 5.74) is 8.84. The predicted molar refractivity (Wildman–Crippen MR) is 134 cm³/mol. The Morgan fingerprint density at radius 1 is 0.971 bits per heavy atom. The minimum atomic E-state index is -0.345. The molecule has 3 N–H and O–H groups in total. The molecule has 10 nitrogen and oxygen atoms in total. The van der Waals surface area contributed by atoms with E-state index in [9.17, 15) is 9.90 Å². The van der Waals surface area contributed by atoms with Gasteiger partial charge in [-0.05, 0) is 72.2 Å². The number of anilines is 2. The fourth-order valence-corrected chi connectivity index (χ4v) is 3.76. The third kappa shape index (κ3) is 4.12. The van der Waals surface area contributed by atoms with E-state index in [0.29, 0.717) is 28.5 Å². The van der Waals surface area contributed by atoms with Crippen LogP contribution in [0.25, 0.3) is 22.5 Å². The lowest BCUT2D eigenvalue weighted by Gasteiger charge is -2.13. The zero-order valence-electron chi connectivity index (χ0n) is 19.3. The summed E-state index contributed by atoms with van der Waals surface area (Å²) in [6, 6.07) is 18.4. The predicted octanol–water partition coefficient (Wildman–Crippen LogP) is 4.05. The Bertz CT molecular complexity index is 1490. The molecule has 5 rings (SSSR count). The zero-order chi connectivity index (χ0) is 24.5. The molecule has 0 unspecified atom stereocenters. The molecule has 0 saturated carbocycles. The number of hydrazone groups is 2. The first kappa shape index (κ1) is 22.0. The molecule has 0 saturated heterocycles. The van der Waals surface area contributed by atoms with Crippen molar-refractivity contribution in [3.8, 4) is 28.3 Å². The van der Waals surface area contributed by atoms with Crippen LogP contribution >= 0.6 is 0 Å². The molecule has 3 aromatic carbocycles. The number of hydrogen-bond acceptors (Lipinski definition) is 8. The Morgan fingerprint density at radius 2 is 1.77 bits per heavy atom. The molecule has 0 radical (unpaired) electrons. The molecular formula is C25H22N8O2. The van der Waals surface area contributed by atoms with Crippen LogP contribution in [-0.4, -0.2) is 43.1 Å². The van der Waals surface area contributed by atoms with E-state index in [-0.39, 0.29) is 17.4 Å². The average Bonchev–Trinajstić information content (AvgIpc) is 3.49. The smallest absolute Gasteiger partial charge is 0.301 e. The van der Waals surface area contributed by atoms with E-state index in [0.717, 1.165) is 22.3 Å². The molecule has 0 spiro atoms. The molecule has 1 aliphatic heterocycles. The number of phenolic OH excluding ortho intramolecular Hbond substituents is 1. The van der Waals surface area contributed by atoms with Crippen LogP contribution in [0.5, 0.6) is 5.75 Å². The maximum absolute atomic E-state index is 13.0. The molecule has 1 aliphatic rings. The molecule has 1 aromatic heterocycles. The van der Waals surface area contributed by atoms with Crippen LogP contribution in [0.15, 0.2) is 70.9 Å². The van der Waals surface area contributed by atoms with Crippen molar-refractivity contribution in [3.05, 3.63) is 71.8 Å². The summed E-state index contributed by atoms with van der Waals surface area (Å²) in [5.74, 6) is 0.174. The number of nitrogens with zero attached hydrogens (tertiary/aromatic N) is 6. The minimum Gasteiger partial charge on any atom is -0.505 e. The van der Waals surface area contributed by atoms with Crippen molar-refractivity contribution in [2.24, 2.45) is 10.2 Å². The summed E-state index contributed by atoms with van der Waals surface area (Å²) in [6.45, 7) is 5.72. The first-order chi connectivity index (χ1) is 16.9. The van der Waals surface area contributed by atoms with Gasteiger partial charge in [0.1, 0.15) is 5.75 Å². The van der Waals surface area contributed by atoms with Gasteiger partial charge in [0.15, 0.2) is 11.5 Å². The van der Waals surface area contributed by atoms with Crippen molar-refractivity contribution in [1.29, 1.82) is 0 Å². The van der Waals surface area contributed by atoms with Gasteiger partial charge in [-0.15, -0.1) is 5.10 Å². The highest BCUT2D eigenvalue weighted by atomic mass is 16.3. The normalized spacial score (nSPS) is 14.5. The van der Waals surface area contributed by atoms with Crippen molar-refractivity contribution in [2.45, 2.75) is 20.8 Å². The van der Waals surface area contributed by atoms with Gasteiger partial charge >= 0.3 is 5.91 Å². The molecule has 2 heterocycles. The zero-order valence-corrected chi connectivity index (χ0v) is 19.3. The number of rotatable bonds is 5. The number of phenols is 1. The van der Waals surface area contributed by atoms with Gasteiger partial charge in [-0.25, -0.2) is 5.10 Å². The molecule has 0 fully saturated rings. The molecule has 35 heavy (non-hydrogen) atoms. The van der Waals surface area contributed by atoms with E-state index < -0.39 is 0 Å². The number of benzene rings is 3. The van der Waals surface area contributed by atoms with Gasteiger partial charge in [0.25, 0.3) is 0 Å². The molecule has 0 atom stereocenters. The lowest BCUT2D eigenvalue weighted by molar-refractivity contribution is -0.112. The number of aromatic hydroxyl groups is 1. The molecule has 1 amide bonds. The van der Waals surface area contributed by atoms with Gasteiger partial charge in [-0.3, -0.25) is 10.2 Å². The van der Waals surface area contributed by atoms with Crippen LogP contribution < -0.4 is 10.4 Å². The second-order valence-corrected chi connectivity index (χ2v) is 8.18. The quantitative estimate of drug-likeness (QED) is 0.300. The summed E-state index contributed by atoms with van der Waals surface area (Å²) in [6.07, 6.45) is 0. The third-order valence-corrected chi connectivity index (χ3v) is 5.84. The Balaban J connectivity index is 1.41. The molecule has 174 valence electrons. The van der Waals surface area contributed by atoms with E-state index in [1.807, 2.05) is 56.3 Å². The van der Waals surface area contributed by atoms with Crippen LogP contribution in [0.4, 0.5) is 11.4 Å². The Kier molecular flexibility index (Phi) is 5.54.